The summed E-state index contributed by atoms with van der Waals surface area (Å²) in [4.78, 5) is 11.7. The van der Waals surface area contributed by atoms with Crippen LogP contribution in [0.25, 0.3) is 6.08 Å². The second-order valence-corrected chi connectivity index (χ2v) is 4.88. The highest BCUT2D eigenvalue weighted by Gasteiger charge is 2.01. The first-order chi connectivity index (χ1) is 10.0. The minimum absolute atomic E-state index is 0.155. The van der Waals surface area contributed by atoms with Crippen LogP contribution in [0.5, 0.6) is 5.75 Å². The molecule has 0 spiro atoms. The van der Waals surface area contributed by atoms with Gasteiger partial charge in [-0.25, -0.2) is 0 Å². The maximum absolute atomic E-state index is 11.7. The molecule has 1 aromatic rings. The number of hydrogen-bond acceptors (Lipinski definition) is 3. The molecule has 0 unspecified atom stereocenters. The molecule has 1 rings (SSSR count). The molecule has 1 amide bonds. The third-order valence-corrected chi connectivity index (χ3v) is 2.69. The molecule has 1 N–H and O–H groups in total. The van der Waals surface area contributed by atoms with Crippen LogP contribution >= 0.6 is 0 Å². The highest BCUT2D eigenvalue weighted by atomic mass is 16.5. The van der Waals surface area contributed by atoms with E-state index in [1.165, 1.54) is 6.08 Å². The molecule has 0 saturated heterocycles. The van der Waals surface area contributed by atoms with Crippen molar-refractivity contribution in [3.8, 4) is 5.75 Å². The second-order valence-electron chi connectivity index (χ2n) is 4.88. The molecular weight excluding hydrogens is 266 g/mol. The summed E-state index contributed by atoms with van der Waals surface area (Å²) >= 11 is 0. The van der Waals surface area contributed by atoms with E-state index in [9.17, 15) is 4.79 Å². The Labute approximate surface area is 126 Å². The maximum atomic E-state index is 11.7. The van der Waals surface area contributed by atoms with Crippen LogP contribution in [0.2, 0.25) is 0 Å². The minimum Gasteiger partial charge on any atom is -0.496 e. The van der Waals surface area contributed by atoms with Gasteiger partial charge in [0.15, 0.2) is 0 Å². The molecule has 1 aromatic carbocycles. The number of hydrogen-bond donors (Lipinski definition) is 1. The lowest BCUT2D eigenvalue weighted by Crippen LogP contribution is -2.25. The Morgan fingerprint density at radius 1 is 1.43 bits per heavy atom. The van der Waals surface area contributed by atoms with Crippen LogP contribution < -0.4 is 10.1 Å². The topological polar surface area (TPSA) is 47.6 Å². The van der Waals surface area contributed by atoms with E-state index >= 15 is 0 Å². The fourth-order valence-corrected chi connectivity index (χ4v) is 1.70. The van der Waals surface area contributed by atoms with Gasteiger partial charge in [0.1, 0.15) is 5.75 Å². The van der Waals surface area contributed by atoms with Gasteiger partial charge in [0, 0.05) is 18.2 Å². The van der Waals surface area contributed by atoms with Gasteiger partial charge in [-0.1, -0.05) is 23.8 Å². The summed E-state index contributed by atoms with van der Waals surface area (Å²) in [6, 6.07) is 5.83. The number of carbonyl (C=O) groups is 1. The Bertz CT molecular complexity index is 521. The molecule has 4 heteroatoms. The molecule has 0 aliphatic heterocycles. The first-order valence-corrected chi connectivity index (χ1v) is 6.85. The van der Waals surface area contributed by atoms with Crippen LogP contribution in [-0.4, -0.2) is 32.8 Å². The molecule has 0 bridgehead atoms. The summed E-state index contributed by atoms with van der Waals surface area (Å²) in [5.41, 5.74) is 2.96. The number of methoxy groups -OCH3 is 1. The molecule has 0 atom stereocenters. The molecule has 0 saturated carbocycles. The Hall–Kier alpha value is -2.07. The summed E-state index contributed by atoms with van der Waals surface area (Å²) in [6.45, 7) is 9.10. The molecule has 0 aromatic heterocycles. The lowest BCUT2D eigenvalue weighted by atomic mass is 10.1. The van der Waals surface area contributed by atoms with E-state index in [0.29, 0.717) is 19.8 Å². The molecule has 21 heavy (non-hydrogen) atoms. The monoisotopic (exact) mass is 289 g/mol. The third kappa shape index (κ3) is 6.77. The van der Waals surface area contributed by atoms with Gasteiger partial charge in [-0.3, -0.25) is 4.79 Å². The second kappa shape index (κ2) is 8.97. The lowest BCUT2D eigenvalue weighted by molar-refractivity contribution is -0.116. The Kier molecular flexibility index (Phi) is 7.26. The standard InChI is InChI=1S/C17H23NO3/c1-13(2)12-21-10-9-18-17(19)8-6-15-11-14(3)5-7-16(15)20-4/h5-8,11H,1,9-10,12H2,2-4H3,(H,18,19)/b8-6+. The van der Waals surface area contributed by atoms with Crippen molar-refractivity contribution in [1.29, 1.82) is 0 Å². The summed E-state index contributed by atoms with van der Waals surface area (Å²) in [7, 11) is 1.61. The smallest absolute Gasteiger partial charge is 0.244 e. The fraction of sp³-hybridized carbons (Fsp3) is 0.353. The molecule has 0 radical (unpaired) electrons. The van der Waals surface area contributed by atoms with E-state index in [2.05, 4.69) is 11.9 Å². The van der Waals surface area contributed by atoms with Crippen LogP contribution in [0.4, 0.5) is 0 Å². The Morgan fingerprint density at radius 3 is 2.86 bits per heavy atom. The number of ether oxygens (including phenoxy) is 2. The van der Waals surface area contributed by atoms with Crippen molar-refractivity contribution in [2.24, 2.45) is 0 Å². The van der Waals surface area contributed by atoms with Gasteiger partial charge < -0.3 is 14.8 Å². The lowest BCUT2D eigenvalue weighted by Gasteiger charge is -2.06. The van der Waals surface area contributed by atoms with Gasteiger partial charge in [-0.05, 0) is 32.1 Å². The van der Waals surface area contributed by atoms with Crippen molar-refractivity contribution in [1.82, 2.24) is 5.32 Å². The molecule has 0 heterocycles. The predicted octanol–water partition coefficient (Wildman–Crippen LogP) is 2.73. The number of aryl methyl sites for hydroxylation is 1. The molecule has 0 aliphatic rings. The first-order valence-electron chi connectivity index (χ1n) is 6.85. The van der Waals surface area contributed by atoms with E-state index in [4.69, 9.17) is 9.47 Å². The van der Waals surface area contributed by atoms with Gasteiger partial charge >= 0.3 is 0 Å². The predicted molar refractivity (Wildman–Crippen MR) is 85.4 cm³/mol. The normalized spacial score (nSPS) is 10.6. The number of carbonyl (C=O) groups excluding carboxylic acids is 1. The van der Waals surface area contributed by atoms with Crippen LogP contribution in [-0.2, 0) is 9.53 Å². The average molecular weight is 289 g/mol. The zero-order chi connectivity index (χ0) is 15.7. The van der Waals surface area contributed by atoms with Crippen LogP contribution in [0, 0.1) is 6.92 Å². The number of amides is 1. The van der Waals surface area contributed by atoms with Crippen molar-refractivity contribution < 1.29 is 14.3 Å². The Morgan fingerprint density at radius 2 is 2.19 bits per heavy atom. The Balaban J connectivity index is 2.43. The average Bonchev–Trinajstić information content (AvgIpc) is 2.44. The minimum atomic E-state index is -0.155. The quantitative estimate of drug-likeness (QED) is 0.455. The number of benzene rings is 1. The largest absolute Gasteiger partial charge is 0.496 e. The van der Waals surface area contributed by atoms with E-state index in [1.54, 1.807) is 13.2 Å². The van der Waals surface area contributed by atoms with Gasteiger partial charge in [0.25, 0.3) is 0 Å². The zero-order valence-corrected chi connectivity index (χ0v) is 12.9. The molecule has 0 aliphatic carbocycles. The van der Waals surface area contributed by atoms with Crippen molar-refractivity contribution in [3.63, 3.8) is 0 Å². The maximum Gasteiger partial charge on any atom is 0.244 e. The van der Waals surface area contributed by atoms with E-state index in [0.717, 1.165) is 22.4 Å². The van der Waals surface area contributed by atoms with Crippen molar-refractivity contribution in [2.45, 2.75) is 13.8 Å². The van der Waals surface area contributed by atoms with Crippen LogP contribution in [0.15, 0.2) is 36.4 Å². The highest BCUT2D eigenvalue weighted by Crippen LogP contribution is 2.20. The van der Waals surface area contributed by atoms with E-state index in [1.807, 2.05) is 32.0 Å². The first kappa shape index (κ1) is 17.0. The van der Waals surface area contributed by atoms with Gasteiger partial charge in [-0.2, -0.15) is 0 Å². The third-order valence-electron chi connectivity index (χ3n) is 2.69. The van der Waals surface area contributed by atoms with Crippen molar-refractivity contribution >= 4 is 12.0 Å². The number of nitrogens with one attached hydrogen (secondary N) is 1. The van der Waals surface area contributed by atoms with Crippen LogP contribution in [0.3, 0.4) is 0 Å². The molecule has 114 valence electrons. The van der Waals surface area contributed by atoms with Crippen LogP contribution in [0.1, 0.15) is 18.1 Å². The summed E-state index contributed by atoms with van der Waals surface area (Å²) in [5, 5.41) is 2.76. The number of rotatable bonds is 8. The van der Waals surface area contributed by atoms with Crippen molar-refractivity contribution in [2.75, 3.05) is 26.9 Å². The van der Waals surface area contributed by atoms with E-state index in [-0.39, 0.29) is 5.91 Å². The molecule has 4 nitrogen and oxygen atoms in total. The molecular formula is C17H23NO3. The SMILES string of the molecule is C=C(C)COCCNC(=O)/C=C/c1cc(C)ccc1OC. The zero-order valence-electron chi connectivity index (χ0n) is 12.9. The summed E-state index contributed by atoms with van der Waals surface area (Å²) in [5.74, 6) is 0.590. The van der Waals surface area contributed by atoms with Gasteiger partial charge in [-0.15, -0.1) is 0 Å². The van der Waals surface area contributed by atoms with E-state index < -0.39 is 0 Å². The fourth-order valence-electron chi connectivity index (χ4n) is 1.70. The van der Waals surface area contributed by atoms with Crippen molar-refractivity contribution in [3.05, 3.63) is 47.6 Å². The van der Waals surface area contributed by atoms with Gasteiger partial charge in [0.2, 0.25) is 5.91 Å². The summed E-state index contributed by atoms with van der Waals surface area (Å²) in [6.07, 6.45) is 3.24. The summed E-state index contributed by atoms with van der Waals surface area (Å²) < 4.78 is 10.6. The highest BCUT2D eigenvalue weighted by molar-refractivity contribution is 5.92. The molecule has 0 fully saturated rings. The van der Waals surface area contributed by atoms with Gasteiger partial charge in [0.05, 0.1) is 20.3 Å².